The second-order valence-corrected chi connectivity index (χ2v) is 6.84. The van der Waals surface area contributed by atoms with Gasteiger partial charge in [0.1, 0.15) is 5.76 Å². The molecule has 2 N–H and O–H groups in total. The Hall–Kier alpha value is -2.05. The van der Waals surface area contributed by atoms with Gasteiger partial charge in [-0.15, -0.1) is 0 Å². The zero-order valence-corrected chi connectivity index (χ0v) is 14.2. The Labute approximate surface area is 142 Å². The van der Waals surface area contributed by atoms with E-state index in [9.17, 15) is 9.59 Å². The first kappa shape index (κ1) is 16.8. The van der Waals surface area contributed by atoms with Crippen LogP contribution in [0.5, 0.6) is 0 Å². The predicted octanol–water partition coefficient (Wildman–Crippen LogP) is 2.22. The van der Waals surface area contributed by atoms with Gasteiger partial charge in [0.2, 0.25) is 0 Å². The molecule has 0 atom stereocenters. The van der Waals surface area contributed by atoms with E-state index < -0.39 is 0 Å². The van der Waals surface area contributed by atoms with Crippen LogP contribution in [-0.2, 0) is 0 Å². The van der Waals surface area contributed by atoms with Crippen LogP contribution in [0.15, 0.2) is 10.6 Å². The first-order valence-corrected chi connectivity index (χ1v) is 8.91. The second kappa shape index (κ2) is 7.68. The van der Waals surface area contributed by atoms with Crippen molar-refractivity contribution in [3.63, 3.8) is 0 Å². The summed E-state index contributed by atoms with van der Waals surface area (Å²) in [5.74, 6) is 0.409. The zero-order valence-electron chi connectivity index (χ0n) is 14.2. The van der Waals surface area contributed by atoms with Gasteiger partial charge >= 0.3 is 6.03 Å². The van der Waals surface area contributed by atoms with Gasteiger partial charge in [0.25, 0.3) is 5.91 Å². The summed E-state index contributed by atoms with van der Waals surface area (Å²) in [5, 5.41) is 9.85. The molecule has 7 heteroatoms. The highest BCUT2D eigenvalue weighted by Gasteiger charge is 2.26. The van der Waals surface area contributed by atoms with E-state index in [2.05, 4.69) is 15.8 Å². The van der Waals surface area contributed by atoms with E-state index in [1.165, 1.54) is 19.3 Å². The van der Waals surface area contributed by atoms with Crippen LogP contribution in [0.25, 0.3) is 0 Å². The van der Waals surface area contributed by atoms with Crippen LogP contribution in [0, 0.1) is 6.92 Å². The van der Waals surface area contributed by atoms with Crippen molar-refractivity contribution in [2.24, 2.45) is 0 Å². The molecular weight excluding hydrogens is 308 g/mol. The number of carbonyl (C=O) groups excluding carboxylic acids is 2. The van der Waals surface area contributed by atoms with Gasteiger partial charge in [-0.05, 0) is 32.6 Å². The van der Waals surface area contributed by atoms with Crippen LogP contribution in [0.3, 0.4) is 0 Å². The molecule has 3 amide bonds. The third-order valence-electron chi connectivity index (χ3n) is 4.91. The number of aryl methyl sites for hydroxylation is 1. The molecule has 132 valence electrons. The van der Waals surface area contributed by atoms with Gasteiger partial charge in [-0.25, -0.2) is 4.79 Å². The van der Waals surface area contributed by atoms with Crippen LogP contribution in [0.4, 0.5) is 4.79 Å². The van der Waals surface area contributed by atoms with Gasteiger partial charge in [0, 0.05) is 31.2 Å². The summed E-state index contributed by atoms with van der Waals surface area (Å²) < 4.78 is 4.92. The molecule has 0 unspecified atom stereocenters. The average Bonchev–Trinajstić information content (AvgIpc) is 3.03. The van der Waals surface area contributed by atoms with Gasteiger partial charge in [0.15, 0.2) is 5.69 Å². The second-order valence-electron chi connectivity index (χ2n) is 6.84. The fourth-order valence-electron chi connectivity index (χ4n) is 3.47. The SMILES string of the molecule is Cc1cc(C(=O)NC2CCN(C(=O)NC3CCCCC3)CC2)no1. The van der Waals surface area contributed by atoms with Crippen molar-refractivity contribution >= 4 is 11.9 Å². The van der Waals surface area contributed by atoms with E-state index >= 15 is 0 Å². The van der Waals surface area contributed by atoms with Gasteiger partial charge < -0.3 is 20.1 Å². The van der Waals surface area contributed by atoms with E-state index in [0.29, 0.717) is 30.6 Å². The summed E-state index contributed by atoms with van der Waals surface area (Å²) in [6, 6.07) is 2.08. The molecule has 1 aromatic rings. The first-order chi connectivity index (χ1) is 11.6. The molecule has 1 saturated heterocycles. The number of nitrogens with one attached hydrogen (secondary N) is 2. The fourth-order valence-corrected chi connectivity index (χ4v) is 3.47. The van der Waals surface area contributed by atoms with Crippen molar-refractivity contribution in [1.29, 1.82) is 0 Å². The topological polar surface area (TPSA) is 87.5 Å². The lowest BCUT2D eigenvalue weighted by molar-refractivity contribution is 0.0908. The number of nitrogens with zero attached hydrogens (tertiary/aromatic N) is 2. The van der Waals surface area contributed by atoms with Crippen LogP contribution < -0.4 is 10.6 Å². The number of aromatic nitrogens is 1. The van der Waals surface area contributed by atoms with Crippen molar-refractivity contribution in [1.82, 2.24) is 20.7 Å². The molecule has 0 aromatic carbocycles. The fraction of sp³-hybridized carbons (Fsp3) is 0.706. The number of likely N-dealkylation sites (tertiary alicyclic amines) is 1. The number of amides is 3. The smallest absolute Gasteiger partial charge is 0.317 e. The van der Waals surface area contributed by atoms with Crippen LogP contribution in [0.1, 0.15) is 61.2 Å². The highest BCUT2D eigenvalue weighted by molar-refractivity contribution is 5.92. The molecule has 2 aliphatic rings. The quantitative estimate of drug-likeness (QED) is 0.887. The number of hydrogen-bond donors (Lipinski definition) is 2. The molecule has 2 heterocycles. The normalized spacial score (nSPS) is 20.0. The number of carbonyl (C=O) groups is 2. The summed E-state index contributed by atoms with van der Waals surface area (Å²) in [4.78, 5) is 26.3. The summed E-state index contributed by atoms with van der Waals surface area (Å²) in [5.41, 5.74) is 0.310. The third-order valence-corrected chi connectivity index (χ3v) is 4.91. The lowest BCUT2D eigenvalue weighted by atomic mass is 9.95. The Kier molecular flexibility index (Phi) is 5.37. The van der Waals surface area contributed by atoms with Crippen molar-refractivity contribution in [3.05, 3.63) is 17.5 Å². The minimum Gasteiger partial charge on any atom is -0.361 e. The molecule has 3 rings (SSSR count). The lowest BCUT2D eigenvalue weighted by Crippen LogP contribution is -2.51. The van der Waals surface area contributed by atoms with Crippen molar-refractivity contribution in [2.45, 2.75) is 64.0 Å². The van der Waals surface area contributed by atoms with Crippen LogP contribution in [-0.4, -0.2) is 47.2 Å². The number of piperidine rings is 1. The molecule has 7 nitrogen and oxygen atoms in total. The highest BCUT2D eigenvalue weighted by Crippen LogP contribution is 2.18. The van der Waals surface area contributed by atoms with Gasteiger partial charge in [-0.3, -0.25) is 4.79 Å². The molecule has 24 heavy (non-hydrogen) atoms. The highest BCUT2D eigenvalue weighted by atomic mass is 16.5. The molecule has 1 saturated carbocycles. The van der Waals surface area contributed by atoms with E-state index in [-0.39, 0.29) is 18.0 Å². The Bertz CT molecular complexity index is 572. The van der Waals surface area contributed by atoms with E-state index in [4.69, 9.17) is 4.52 Å². The number of rotatable bonds is 3. The Balaban J connectivity index is 1.41. The molecule has 1 aromatic heterocycles. The minimum atomic E-state index is -0.211. The zero-order chi connectivity index (χ0) is 16.9. The molecule has 0 bridgehead atoms. The maximum Gasteiger partial charge on any atom is 0.317 e. The standard InChI is InChI=1S/C17H26N4O3/c1-12-11-15(20-24-12)16(22)18-14-7-9-21(10-8-14)17(23)19-13-5-3-2-4-6-13/h11,13-14H,2-10H2,1H3,(H,18,22)(H,19,23). The number of hydrogen-bond acceptors (Lipinski definition) is 4. The summed E-state index contributed by atoms with van der Waals surface area (Å²) >= 11 is 0. The van der Waals surface area contributed by atoms with Gasteiger partial charge in [-0.2, -0.15) is 0 Å². The monoisotopic (exact) mass is 334 g/mol. The van der Waals surface area contributed by atoms with Crippen molar-refractivity contribution in [3.8, 4) is 0 Å². The molecule has 0 radical (unpaired) electrons. The maximum absolute atomic E-state index is 12.3. The predicted molar refractivity (Wildman–Crippen MR) is 88.7 cm³/mol. The van der Waals surface area contributed by atoms with E-state index in [1.807, 2.05) is 4.90 Å². The van der Waals surface area contributed by atoms with Gasteiger partial charge in [-0.1, -0.05) is 24.4 Å². The summed E-state index contributed by atoms with van der Waals surface area (Å²) in [7, 11) is 0. The first-order valence-electron chi connectivity index (χ1n) is 8.91. The van der Waals surface area contributed by atoms with Crippen molar-refractivity contribution < 1.29 is 14.1 Å². The lowest BCUT2D eigenvalue weighted by Gasteiger charge is -2.34. The van der Waals surface area contributed by atoms with Crippen LogP contribution >= 0.6 is 0 Å². The van der Waals surface area contributed by atoms with E-state index in [1.54, 1.807) is 13.0 Å². The molecule has 1 aliphatic heterocycles. The van der Waals surface area contributed by atoms with Crippen molar-refractivity contribution in [2.75, 3.05) is 13.1 Å². The third kappa shape index (κ3) is 4.27. The number of urea groups is 1. The van der Waals surface area contributed by atoms with E-state index in [0.717, 1.165) is 25.7 Å². The van der Waals surface area contributed by atoms with Gasteiger partial charge in [0.05, 0.1) is 0 Å². The molecule has 1 aliphatic carbocycles. The maximum atomic E-state index is 12.3. The summed E-state index contributed by atoms with van der Waals surface area (Å²) in [6.45, 7) is 3.09. The minimum absolute atomic E-state index is 0.0406. The molecule has 0 spiro atoms. The Morgan fingerprint density at radius 2 is 1.75 bits per heavy atom. The Morgan fingerprint density at radius 1 is 1.08 bits per heavy atom. The van der Waals surface area contributed by atoms with Crippen LogP contribution in [0.2, 0.25) is 0 Å². The summed E-state index contributed by atoms with van der Waals surface area (Å²) in [6.07, 6.45) is 7.41. The average molecular weight is 334 g/mol. The largest absolute Gasteiger partial charge is 0.361 e. The Morgan fingerprint density at radius 3 is 2.38 bits per heavy atom. The molecule has 2 fully saturated rings. The molecular formula is C17H26N4O3.